The predicted molar refractivity (Wildman–Crippen MR) is 114 cm³/mol. The normalized spacial score (nSPS) is 18.5. The standard InChI is InChI=1S/C24H29NO5/c1-3-29-23(27)24(16-19-9-7-12-21(15-19)28-2)13-8-14-25(18-24)22(26)17-30-20-10-5-4-6-11-20/h4-7,9-12,15H,3,8,13-14,16-18H2,1-2H3/t24-/m0/s1. The maximum absolute atomic E-state index is 13.0. The first kappa shape index (κ1) is 21.7. The van der Waals surface area contributed by atoms with Crippen LogP contribution in [0.25, 0.3) is 0 Å². The van der Waals surface area contributed by atoms with Gasteiger partial charge in [0.05, 0.1) is 19.1 Å². The maximum Gasteiger partial charge on any atom is 0.314 e. The van der Waals surface area contributed by atoms with E-state index in [1.807, 2.05) is 54.6 Å². The molecule has 1 saturated heterocycles. The van der Waals surface area contributed by atoms with E-state index in [1.54, 1.807) is 18.9 Å². The van der Waals surface area contributed by atoms with Gasteiger partial charge < -0.3 is 19.1 Å². The molecule has 1 aliphatic heterocycles. The first-order valence-corrected chi connectivity index (χ1v) is 10.3. The zero-order valence-electron chi connectivity index (χ0n) is 17.6. The van der Waals surface area contributed by atoms with E-state index in [0.717, 1.165) is 17.7 Å². The molecular formula is C24H29NO5. The number of carbonyl (C=O) groups excluding carboxylic acids is 2. The highest BCUT2D eigenvalue weighted by atomic mass is 16.5. The molecule has 0 saturated carbocycles. The molecule has 6 heteroatoms. The molecule has 1 aliphatic rings. The lowest BCUT2D eigenvalue weighted by Gasteiger charge is -2.41. The van der Waals surface area contributed by atoms with E-state index in [2.05, 4.69) is 0 Å². The summed E-state index contributed by atoms with van der Waals surface area (Å²) in [6, 6.07) is 16.9. The van der Waals surface area contributed by atoms with Crippen molar-refractivity contribution in [3.05, 3.63) is 60.2 Å². The van der Waals surface area contributed by atoms with E-state index < -0.39 is 5.41 Å². The lowest BCUT2D eigenvalue weighted by atomic mass is 9.75. The second-order valence-corrected chi connectivity index (χ2v) is 7.55. The molecule has 0 bridgehead atoms. The molecule has 0 spiro atoms. The van der Waals surface area contributed by atoms with E-state index >= 15 is 0 Å². The van der Waals surface area contributed by atoms with E-state index in [1.165, 1.54) is 0 Å². The van der Waals surface area contributed by atoms with Gasteiger partial charge in [-0.15, -0.1) is 0 Å². The first-order chi connectivity index (χ1) is 14.6. The molecule has 0 N–H and O–H groups in total. The summed E-state index contributed by atoms with van der Waals surface area (Å²) in [5, 5.41) is 0. The molecule has 2 aromatic carbocycles. The van der Waals surface area contributed by atoms with Crippen LogP contribution in [0, 0.1) is 5.41 Å². The minimum Gasteiger partial charge on any atom is -0.497 e. The van der Waals surface area contributed by atoms with Gasteiger partial charge in [-0.3, -0.25) is 9.59 Å². The fourth-order valence-electron chi connectivity index (χ4n) is 3.94. The number of esters is 1. The largest absolute Gasteiger partial charge is 0.497 e. The van der Waals surface area contributed by atoms with Crippen molar-refractivity contribution in [3.63, 3.8) is 0 Å². The van der Waals surface area contributed by atoms with Crippen LogP contribution in [0.15, 0.2) is 54.6 Å². The van der Waals surface area contributed by atoms with Crippen LogP contribution >= 0.6 is 0 Å². The quantitative estimate of drug-likeness (QED) is 0.622. The van der Waals surface area contributed by atoms with Gasteiger partial charge in [-0.1, -0.05) is 30.3 Å². The fourth-order valence-corrected chi connectivity index (χ4v) is 3.94. The van der Waals surface area contributed by atoms with E-state index in [9.17, 15) is 9.59 Å². The van der Waals surface area contributed by atoms with Crippen LogP contribution in [0.4, 0.5) is 0 Å². The van der Waals surface area contributed by atoms with Crippen LogP contribution in [0.5, 0.6) is 11.5 Å². The average Bonchev–Trinajstić information content (AvgIpc) is 2.78. The molecule has 160 valence electrons. The predicted octanol–water partition coefficient (Wildman–Crippen LogP) is 3.49. The molecule has 0 unspecified atom stereocenters. The topological polar surface area (TPSA) is 65.1 Å². The number of methoxy groups -OCH3 is 1. The van der Waals surface area contributed by atoms with Gasteiger partial charge in [-0.05, 0) is 56.0 Å². The third-order valence-corrected chi connectivity index (χ3v) is 5.42. The van der Waals surface area contributed by atoms with Crippen molar-refractivity contribution in [2.75, 3.05) is 33.4 Å². The minimum absolute atomic E-state index is 0.0535. The average molecular weight is 411 g/mol. The van der Waals surface area contributed by atoms with Gasteiger partial charge in [0.2, 0.25) is 0 Å². The Morgan fingerprint density at radius 3 is 2.57 bits per heavy atom. The Hall–Kier alpha value is -3.02. The van der Waals surface area contributed by atoms with Crippen LogP contribution in [-0.4, -0.2) is 50.2 Å². The molecule has 1 fully saturated rings. The number of hydrogen-bond donors (Lipinski definition) is 0. The Bertz CT molecular complexity index is 854. The number of nitrogens with zero attached hydrogens (tertiary/aromatic N) is 1. The molecule has 1 heterocycles. The number of piperidine rings is 1. The van der Waals surface area contributed by atoms with Gasteiger partial charge in [0, 0.05) is 13.1 Å². The fraction of sp³-hybridized carbons (Fsp3) is 0.417. The molecule has 3 rings (SSSR count). The number of hydrogen-bond acceptors (Lipinski definition) is 5. The third kappa shape index (κ3) is 5.32. The third-order valence-electron chi connectivity index (χ3n) is 5.42. The van der Waals surface area contributed by atoms with Gasteiger partial charge in [-0.25, -0.2) is 0 Å². The van der Waals surface area contributed by atoms with Crippen LogP contribution in [0.2, 0.25) is 0 Å². The van der Waals surface area contributed by atoms with Gasteiger partial charge in [-0.2, -0.15) is 0 Å². The monoisotopic (exact) mass is 411 g/mol. The van der Waals surface area contributed by atoms with Crippen molar-refractivity contribution in [2.24, 2.45) is 5.41 Å². The minimum atomic E-state index is -0.775. The Kier molecular flexibility index (Phi) is 7.33. The Morgan fingerprint density at radius 2 is 1.83 bits per heavy atom. The number of likely N-dealkylation sites (tertiary alicyclic amines) is 1. The van der Waals surface area contributed by atoms with Crippen molar-refractivity contribution in [1.29, 1.82) is 0 Å². The number of ether oxygens (including phenoxy) is 3. The Morgan fingerprint density at radius 1 is 1.07 bits per heavy atom. The lowest BCUT2D eigenvalue weighted by molar-refractivity contribution is -0.161. The van der Waals surface area contributed by atoms with Crippen LogP contribution in [-0.2, 0) is 20.7 Å². The zero-order chi connectivity index (χ0) is 21.4. The van der Waals surface area contributed by atoms with Crippen LogP contribution < -0.4 is 9.47 Å². The number of benzene rings is 2. The second kappa shape index (κ2) is 10.1. The number of amides is 1. The molecule has 0 aromatic heterocycles. The smallest absolute Gasteiger partial charge is 0.314 e. The summed E-state index contributed by atoms with van der Waals surface area (Å²) >= 11 is 0. The van der Waals surface area contributed by atoms with Gasteiger partial charge in [0.25, 0.3) is 5.91 Å². The maximum atomic E-state index is 13.0. The lowest BCUT2D eigenvalue weighted by Crippen LogP contribution is -2.52. The highest BCUT2D eigenvalue weighted by Crippen LogP contribution is 2.36. The van der Waals surface area contributed by atoms with E-state index in [4.69, 9.17) is 14.2 Å². The number of rotatable bonds is 8. The summed E-state index contributed by atoms with van der Waals surface area (Å²) in [5.41, 5.74) is 0.209. The highest BCUT2D eigenvalue weighted by Gasteiger charge is 2.44. The molecule has 1 amide bonds. The van der Waals surface area contributed by atoms with Gasteiger partial charge in [0.15, 0.2) is 6.61 Å². The first-order valence-electron chi connectivity index (χ1n) is 10.3. The zero-order valence-corrected chi connectivity index (χ0v) is 17.6. The molecule has 6 nitrogen and oxygen atoms in total. The molecule has 30 heavy (non-hydrogen) atoms. The Labute approximate surface area is 177 Å². The summed E-state index contributed by atoms with van der Waals surface area (Å²) in [7, 11) is 1.62. The molecule has 0 aliphatic carbocycles. The molecule has 1 atom stereocenters. The molecule has 2 aromatic rings. The van der Waals surface area contributed by atoms with Crippen LogP contribution in [0.1, 0.15) is 25.3 Å². The van der Waals surface area contributed by atoms with Gasteiger partial charge in [0.1, 0.15) is 11.5 Å². The van der Waals surface area contributed by atoms with E-state index in [-0.39, 0.29) is 18.5 Å². The van der Waals surface area contributed by atoms with Gasteiger partial charge >= 0.3 is 5.97 Å². The number of para-hydroxylation sites is 1. The van der Waals surface area contributed by atoms with Crippen molar-refractivity contribution >= 4 is 11.9 Å². The van der Waals surface area contributed by atoms with Crippen molar-refractivity contribution < 1.29 is 23.8 Å². The van der Waals surface area contributed by atoms with Crippen molar-refractivity contribution in [2.45, 2.75) is 26.2 Å². The summed E-state index contributed by atoms with van der Waals surface area (Å²) in [5.74, 6) is 1.01. The van der Waals surface area contributed by atoms with Crippen LogP contribution in [0.3, 0.4) is 0 Å². The summed E-state index contributed by atoms with van der Waals surface area (Å²) < 4.78 is 16.4. The summed E-state index contributed by atoms with van der Waals surface area (Å²) in [6.07, 6.45) is 1.90. The van der Waals surface area contributed by atoms with E-state index in [0.29, 0.717) is 38.3 Å². The Balaban J connectivity index is 1.75. The molecular weight excluding hydrogens is 382 g/mol. The summed E-state index contributed by atoms with van der Waals surface area (Å²) in [6.45, 7) is 2.98. The second-order valence-electron chi connectivity index (χ2n) is 7.55. The SMILES string of the molecule is CCOC(=O)[C@]1(Cc2cccc(OC)c2)CCCN(C(=O)COc2ccccc2)C1. The summed E-state index contributed by atoms with van der Waals surface area (Å²) in [4.78, 5) is 27.6. The number of carbonyl (C=O) groups is 2. The molecule has 0 radical (unpaired) electrons. The van der Waals surface area contributed by atoms with Crippen molar-refractivity contribution in [3.8, 4) is 11.5 Å². The van der Waals surface area contributed by atoms with Crippen molar-refractivity contribution in [1.82, 2.24) is 4.90 Å². The highest BCUT2D eigenvalue weighted by molar-refractivity contribution is 5.81.